The molecule has 23 heavy (non-hydrogen) atoms. The summed E-state index contributed by atoms with van der Waals surface area (Å²) in [6, 6.07) is 10.9. The van der Waals surface area contributed by atoms with Gasteiger partial charge in [-0.1, -0.05) is 28.1 Å². The molecule has 0 radical (unpaired) electrons. The molecule has 1 N–H and O–H groups in total. The van der Waals surface area contributed by atoms with Crippen molar-refractivity contribution >= 4 is 21.8 Å². The molecule has 3 aromatic rings. The van der Waals surface area contributed by atoms with E-state index in [1.807, 2.05) is 37.3 Å². The largest absolute Gasteiger partial charge is 0.467 e. The fourth-order valence-corrected chi connectivity index (χ4v) is 2.55. The van der Waals surface area contributed by atoms with E-state index < -0.39 is 0 Å². The van der Waals surface area contributed by atoms with Gasteiger partial charge in [0.25, 0.3) is 0 Å². The fraction of sp³-hybridized carbons (Fsp3) is 0.200. The standard InChI is InChI=1S/C15H14BrN5O2/c1-10(13-7-4-8-23-13)17-14(22)9-21-19-15(18-20-21)11-5-2-3-6-12(11)16/h2-8,10H,9H2,1H3,(H,17,22)/t10-/m1/s1. The van der Waals surface area contributed by atoms with Crippen molar-refractivity contribution in [3.63, 3.8) is 0 Å². The summed E-state index contributed by atoms with van der Waals surface area (Å²) >= 11 is 3.44. The zero-order valence-electron chi connectivity index (χ0n) is 12.3. The lowest BCUT2D eigenvalue weighted by atomic mass is 10.2. The van der Waals surface area contributed by atoms with Crippen LogP contribution in [0.3, 0.4) is 0 Å². The maximum Gasteiger partial charge on any atom is 0.244 e. The van der Waals surface area contributed by atoms with Crippen molar-refractivity contribution in [2.75, 3.05) is 0 Å². The molecule has 0 aliphatic carbocycles. The Morgan fingerprint density at radius 3 is 2.91 bits per heavy atom. The molecule has 1 atom stereocenters. The average Bonchev–Trinajstić information content (AvgIpc) is 3.19. The number of carbonyl (C=O) groups is 1. The van der Waals surface area contributed by atoms with Crippen molar-refractivity contribution < 1.29 is 9.21 Å². The van der Waals surface area contributed by atoms with Gasteiger partial charge in [-0.2, -0.15) is 4.80 Å². The van der Waals surface area contributed by atoms with Crippen molar-refractivity contribution in [2.24, 2.45) is 0 Å². The molecule has 2 heterocycles. The van der Waals surface area contributed by atoms with Crippen LogP contribution in [-0.4, -0.2) is 26.1 Å². The van der Waals surface area contributed by atoms with Gasteiger partial charge in [-0.05, 0) is 36.4 Å². The van der Waals surface area contributed by atoms with Gasteiger partial charge in [0, 0.05) is 10.0 Å². The summed E-state index contributed by atoms with van der Waals surface area (Å²) in [7, 11) is 0. The third kappa shape index (κ3) is 3.65. The van der Waals surface area contributed by atoms with Crippen LogP contribution in [0.25, 0.3) is 11.4 Å². The second-order valence-electron chi connectivity index (χ2n) is 4.93. The van der Waals surface area contributed by atoms with Crippen LogP contribution in [-0.2, 0) is 11.3 Å². The molecule has 1 amide bonds. The van der Waals surface area contributed by atoms with Crippen LogP contribution in [0.2, 0.25) is 0 Å². The fourth-order valence-electron chi connectivity index (χ4n) is 2.08. The van der Waals surface area contributed by atoms with E-state index in [4.69, 9.17) is 4.42 Å². The first kappa shape index (κ1) is 15.4. The molecule has 1 aromatic carbocycles. The van der Waals surface area contributed by atoms with Crippen molar-refractivity contribution in [1.82, 2.24) is 25.5 Å². The number of hydrogen-bond acceptors (Lipinski definition) is 5. The number of carbonyl (C=O) groups excluding carboxylic acids is 1. The lowest BCUT2D eigenvalue weighted by molar-refractivity contribution is -0.122. The zero-order valence-corrected chi connectivity index (χ0v) is 13.9. The highest BCUT2D eigenvalue weighted by Crippen LogP contribution is 2.24. The first-order valence-electron chi connectivity index (χ1n) is 6.99. The molecule has 118 valence electrons. The molecule has 2 aromatic heterocycles. The molecule has 0 saturated heterocycles. The Labute approximate surface area is 140 Å². The first-order chi connectivity index (χ1) is 11.1. The second kappa shape index (κ2) is 6.74. The van der Waals surface area contributed by atoms with Gasteiger partial charge in [-0.25, -0.2) is 0 Å². The Hall–Kier alpha value is -2.48. The number of furan rings is 1. The van der Waals surface area contributed by atoms with Gasteiger partial charge in [0.2, 0.25) is 11.7 Å². The molecule has 0 aliphatic rings. The predicted molar refractivity (Wildman–Crippen MR) is 86.2 cm³/mol. The lowest BCUT2D eigenvalue weighted by Crippen LogP contribution is -2.30. The first-order valence-corrected chi connectivity index (χ1v) is 7.78. The van der Waals surface area contributed by atoms with E-state index in [1.165, 1.54) is 4.80 Å². The minimum absolute atomic E-state index is 0.0114. The van der Waals surface area contributed by atoms with Crippen LogP contribution < -0.4 is 5.32 Å². The van der Waals surface area contributed by atoms with Gasteiger partial charge in [0.05, 0.1) is 12.3 Å². The Morgan fingerprint density at radius 2 is 2.17 bits per heavy atom. The third-order valence-corrected chi connectivity index (χ3v) is 3.89. The Kier molecular flexibility index (Phi) is 4.52. The summed E-state index contributed by atoms with van der Waals surface area (Å²) in [6.45, 7) is 1.83. The number of benzene rings is 1. The number of aromatic nitrogens is 4. The van der Waals surface area contributed by atoms with Crippen LogP contribution >= 0.6 is 15.9 Å². The van der Waals surface area contributed by atoms with Crippen LogP contribution in [0.4, 0.5) is 0 Å². The Morgan fingerprint density at radius 1 is 1.35 bits per heavy atom. The minimum atomic E-state index is -0.219. The van der Waals surface area contributed by atoms with Crippen LogP contribution in [0.15, 0.2) is 51.6 Å². The van der Waals surface area contributed by atoms with E-state index in [1.54, 1.807) is 12.3 Å². The van der Waals surface area contributed by atoms with E-state index in [0.717, 1.165) is 10.0 Å². The monoisotopic (exact) mass is 375 g/mol. The molecule has 7 nitrogen and oxygen atoms in total. The van der Waals surface area contributed by atoms with Gasteiger partial charge in [-0.3, -0.25) is 4.79 Å². The molecule has 0 fully saturated rings. The summed E-state index contributed by atoms with van der Waals surface area (Å²) in [4.78, 5) is 13.3. The van der Waals surface area contributed by atoms with Crippen molar-refractivity contribution in [3.05, 3.63) is 52.9 Å². The number of halogens is 1. The number of hydrogen-bond donors (Lipinski definition) is 1. The van der Waals surface area contributed by atoms with E-state index >= 15 is 0 Å². The maximum atomic E-state index is 12.0. The molecule has 0 saturated carbocycles. The van der Waals surface area contributed by atoms with E-state index in [0.29, 0.717) is 11.6 Å². The minimum Gasteiger partial charge on any atom is -0.467 e. The highest BCUT2D eigenvalue weighted by atomic mass is 79.9. The van der Waals surface area contributed by atoms with Gasteiger partial charge in [0.1, 0.15) is 12.3 Å². The molecule has 8 heteroatoms. The molecular weight excluding hydrogens is 362 g/mol. The topological polar surface area (TPSA) is 85.8 Å². The van der Waals surface area contributed by atoms with Crippen molar-refractivity contribution in [3.8, 4) is 11.4 Å². The quantitative estimate of drug-likeness (QED) is 0.740. The summed E-state index contributed by atoms with van der Waals surface area (Å²) in [5, 5.41) is 14.9. The molecule has 0 bridgehead atoms. The normalized spacial score (nSPS) is 12.1. The molecule has 3 rings (SSSR count). The van der Waals surface area contributed by atoms with E-state index in [-0.39, 0.29) is 18.5 Å². The smallest absolute Gasteiger partial charge is 0.244 e. The van der Waals surface area contributed by atoms with E-state index in [9.17, 15) is 4.79 Å². The SMILES string of the molecule is C[C@@H](NC(=O)Cn1nnc(-c2ccccc2Br)n1)c1ccco1. The average molecular weight is 376 g/mol. The van der Waals surface area contributed by atoms with E-state index in [2.05, 4.69) is 36.7 Å². The van der Waals surface area contributed by atoms with Gasteiger partial charge >= 0.3 is 0 Å². The summed E-state index contributed by atoms with van der Waals surface area (Å²) in [5.74, 6) is 0.938. The summed E-state index contributed by atoms with van der Waals surface area (Å²) in [5.41, 5.74) is 0.822. The lowest BCUT2D eigenvalue weighted by Gasteiger charge is -2.10. The highest BCUT2D eigenvalue weighted by molar-refractivity contribution is 9.10. The summed E-state index contributed by atoms with van der Waals surface area (Å²) < 4.78 is 6.12. The number of nitrogens with zero attached hydrogens (tertiary/aromatic N) is 4. The number of amides is 1. The van der Waals surface area contributed by atoms with Crippen LogP contribution in [0, 0.1) is 0 Å². The van der Waals surface area contributed by atoms with Crippen LogP contribution in [0.5, 0.6) is 0 Å². The zero-order chi connectivity index (χ0) is 16.2. The number of rotatable bonds is 5. The van der Waals surface area contributed by atoms with Gasteiger partial charge in [0.15, 0.2) is 0 Å². The number of tetrazole rings is 1. The predicted octanol–water partition coefficient (Wildman–Crippen LogP) is 2.57. The molecule has 0 spiro atoms. The summed E-state index contributed by atoms with van der Waals surface area (Å²) in [6.07, 6.45) is 1.57. The Bertz CT molecular complexity index is 800. The van der Waals surface area contributed by atoms with Crippen molar-refractivity contribution in [1.29, 1.82) is 0 Å². The van der Waals surface area contributed by atoms with Crippen LogP contribution in [0.1, 0.15) is 18.7 Å². The number of nitrogens with one attached hydrogen (secondary N) is 1. The highest BCUT2D eigenvalue weighted by Gasteiger charge is 2.14. The third-order valence-electron chi connectivity index (χ3n) is 3.20. The van der Waals surface area contributed by atoms with Crippen molar-refractivity contribution in [2.45, 2.75) is 19.5 Å². The van der Waals surface area contributed by atoms with Gasteiger partial charge in [-0.15, -0.1) is 10.2 Å². The molecular formula is C15H14BrN5O2. The second-order valence-corrected chi connectivity index (χ2v) is 5.78. The Balaban J connectivity index is 1.65. The molecule has 0 aliphatic heterocycles. The molecule has 0 unspecified atom stereocenters. The van der Waals surface area contributed by atoms with Gasteiger partial charge < -0.3 is 9.73 Å². The maximum absolute atomic E-state index is 12.0.